The third-order valence-electron chi connectivity index (χ3n) is 4.80. The van der Waals surface area contributed by atoms with Crippen LogP contribution in [-0.4, -0.2) is 27.6 Å². The van der Waals surface area contributed by atoms with Crippen molar-refractivity contribution in [3.05, 3.63) is 97.6 Å². The number of nitro groups is 2. The van der Waals surface area contributed by atoms with E-state index in [4.69, 9.17) is 4.74 Å². The van der Waals surface area contributed by atoms with Gasteiger partial charge in [-0.05, 0) is 42.5 Å². The third-order valence-corrected chi connectivity index (χ3v) is 4.80. The predicted molar refractivity (Wildman–Crippen MR) is 108 cm³/mol. The summed E-state index contributed by atoms with van der Waals surface area (Å²) in [5, 5.41) is 33.1. The third kappa shape index (κ3) is 3.72. The number of imide groups is 1. The number of carboxylic acid groups (broad SMARTS) is 1. The van der Waals surface area contributed by atoms with Gasteiger partial charge in [-0.15, -0.1) is 0 Å². The summed E-state index contributed by atoms with van der Waals surface area (Å²) in [7, 11) is 0. The van der Waals surface area contributed by atoms with Gasteiger partial charge in [0.05, 0.1) is 38.2 Å². The zero-order valence-electron chi connectivity index (χ0n) is 16.3. The molecular weight excluding hydrogens is 438 g/mol. The van der Waals surface area contributed by atoms with Crippen molar-refractivity contribution in [3.63, 3.8) is 0 Å². The fourth-order valence-corrected chi connectivity index (χ4v) is 3.27. The molecule has 3 aromatic carbocycles. The molecule has 1 aliphatic heterocycles. The maximum atomic E-state index is 12.9. The van der Waals surface area contributed by atoms with Crippen LogP contribution in [0.4, 0.5) is 17.1 Å². The van der Waals surface area contributed by atoms with E-state index >= 15 is 0 Å². The van der Waals surface area contributed by atoms with Gasteiger partial charge >= 0.3 is 0 Å². The summed E-state index contributed by atoms with van der Waals surface area (Å²) in [4.78, 5) is 57.9. The average Bonchev–Trinajstić information content (AvgIpc) is 3.03. The van der Waals surface area contributed by atoms with Crippen LogP contribution in [0.3, 0.4) is 0 Å². The normalized spacial score (nSPS) is 12.4. The molecule has 0 aliphatic carbocycles. The zero-order chi connectivity index (χ0) is 23.9. The molecule has 2 amide bonds. The number of carboxylic acids is 1. The second-order valence-corrected chi connectivity index (χ2v) is 6.75. The maximum Gasteiger partial charge on any atom is 0.280 e. The van der Waals surface area contributed by atoms with Crippen molar-refractivity contribution in [3.8, 4) is 11.5 Å². The lowest BCUT2D eigenvalue weighted by Crippen LogP contribution is -2.30. The van der Waals surface area contributed by atoms with Crippen LogP contribution in [0.2, 0.25) is 0 Å². The summed E-state index contributed by atoms with van der Waals surface area (Å²) in [5.41, 5.74) is -1.86. The number of hydrogen-bond donors (Lipinski definition) is 0. The van der Waals surface area contributed by atoms with E-state index in [-0.39, 0.29) is 34.0 Å². The van der Waals surface area contributed by atoms with Crippen molar-refractivity contribution in [1.82, 2.24) is 0 Å². The Morgan fingerprint density at radius 1 is 0.788 bits per heavy atom. The highest BCUT2D eigenvalue weighted by molar-refractivity contribution is 6.34. The first-order chi connectivity index (χ1) is 15.7. The smallest absolute Gasteiger partial charge is 0.280 e. The number of nitro benzene ring substituents is 2. The molecule has 3 aromatic rings. The van der Waals surface area contributed by atoms with E-state index in [9.17, 15) is 39.7 Å². The second kappa shape index (κ2) is 7.85. The van der Waals surface area contributed by atoms with Crippen LogP contribution in [0.25, 0.3) is 0 Å². The van der Waals surface area contributed by atoms with E-state index in [0.717, 1.165) is 18.2 Å². The molecule has 33 heavy (non-hydrogen) atoms. The number of carbonyl (C=O) groups excluding carboxylic acids is 3. The first kappa shape index (κ1) is 21.1. The topological polar surface area (TPSA) is 173 Å². The van der Waals surface area contributed by atoms with Gasteiger partial charge in [0.1, 0.15) is 11.5 Å². The number of amides is 2. The van der Waals surface area contributed by atoms with Crippen LogP contribution < -0.4 is 14.7 Å². The van der Waals surface area contributed by atoms with Crippen molar-refractivity contribution in [2.75, 3.05) is 4.90 Å². The number of rotatable bonds is 6. The minimum Gasteiger partial charge on any atom is -0.545 e. The molecule has 1 heterocycles. The number of non-ortho nitro benzene ring substituents is 1. The first-order valence-electron chi connectivity index (χ1n) is 9.12. The molecule has 0 unspecified atom stereocenters. The molecule has 164 valence electrons. The van der Waals surface area contributed by atoms with Crippen LogP contribution in [0, 0.1) is 20.2 Å². The molecule has 0 radical (unpaired) electrons. The molecule has 12 heteroatoms. The van der Waals surface area contributed by atoms with Crippen molar-refractivity contribution < 1.29 is 34.1 Å². The van der Waals surface area contributed by atoms with E-state index in [0.29, 0.717) is 4.90 Å². The van der Waals surface area contributed by atoms with Crippen LogP contribution in [0.5, 0.6) is 11.5 Å². The van der Waals surface area contributed by atoms with Gasteiger partial charge in [-0.1, -0.05) is 0 Å². The molecule has 12 nitrogen and oxygen atoms in total. The largest absolute Gasteiger partial charge is 0.545 e. The molecule has 1 aliphatic rings. The monoisotopic (exact) mass is 448 g/mol. The Balaban J connectivity index is 1.65. The number of fused-ring (bicyclic) bond motifs is 1. The lowest BCUT2D eigenvalue weighted by molar-refractivity contribution is -0.385. The quantitative estimate of drug-likeness (QED) is 0.312. The Bertz CT molecular complexity index is 1370. The van der Waals surface area contributed by atoms with Crippen LogP contribution in [0.15, 0.2) is 60.7 Å². The van der Waals surface area contributed by atoms with E-state index in [1.54, 1.807) is 0 Å². The number of aromatic carboxylic acids is 1. The number of anilines is 1. The SMILES string of the molecule is O=C([O-])c1ccc(N2C(=O)c3ccc(Oc4ccc([N+](=O)[O-])cc4)cc3C2=O)cc1[N+](=O)[O-]. The minimum absolute atomic E-state index is 0.0164. The average molecular weight is 448 g/mol. The lowest BCUT2D eigenvalue weighted by Gasteiger charge is -2.15. The van der Waals surface area contributed by atoms with E-state index in [1.807, 2.05) is 0 Å². The highest BCUT2D eigenvalue weighted by Crippen LogP contribution is 2.34. The van der Waals surface area contributed by atoms with Crippen LogP contribution >= 0.6 is 0 Å². The predicted octanol–water partition coefficient (Wildman–Crippen LogP) is 2.46. The van der Waals surface area contributed by atoms with Gasteiger partial charge in [0.15, 0.2) is 0 Å². The fraction of sp³-hybridized carbons (Fsp3) is 0. The van der Waals surface area contributed by atoms with Gasteiger partial charge in [-0.3, -0.25) is 29.8 Å². The molecule has 4 rings (SSSR count). The van der Waals surface area contributed by atoms with E-state index in [1.165, 1.54) is 42.5 Å². The van der Waals surface area contributed by atoms with Gasteiger partial charge in [0.25, 0.3) is 23.2 Å². The highest BCUT2D eigenvalue weighted by Gasteiger charge is 2.38. The molecule has 0 bridgehead atoms. The van der Waals surface area contributed by atoms with Gasteiger partial charge in [0, 0.05) is 18.2 Å². The molecule has 0 aromatic heterocycles. The van der Waals surface area contributed by atoms with Gasteiger partial charge in [-0.2, -0.15) is 0 Å². The highest BCUT2D eigenvalue weighted by atomic mass is 16.6. The van der Waals surface area contributed by atoms with E-state index < -0.39 is 38.9 Å². The van der Waals surface area contributed by atoms with Gasteiger partial charge in [0.2, 0.25) is 0 Å². The van der Waals surface area contributed by atoms with Crippen molar-refractivity contribution in [2.45, 2.75) is 0 Å². The van der Waals surface area contributed by atoms with Gasteiger partial charge < -0.3 is 14.6 Å². The number of hydrogen-bond acceptors (Lipinski definition) is 9. The number of benzene rings is 3. The van der Waals surface area contributed by atoms with Crippen molar-refractivity contribution in [1.29, 1.82) is 0 Å². The summed E-state index contributed by atoms with van der Waals surface area (Å²) >= 11 is 0. The van der Waals surface area contributed by atoms with Crippen LogP contribution in [0.1, 0.15) is 31.1 Å². The fourth-order valence-electron chi connectivity index (χ4n) is 3.27. The van der Waals surface area contributed by atoms with Crippen molar-refractivity contribution in [2.24, 2.45) is 0 Å². The van der Waals surface area contributed by atoms with E-state index in [2.05, 4.69) is 0 Å². The second-order valence-electron chi connectivity index (χ2n) is 6.75. The molecule has 0 fully saturated rings. The van der Waals surface area contributed by atoms with Gasteiger partial charge in [-0.25, -0.2) is 4.90 Å². The zero-order valence-corrected chi connectivity index (χ0v) is 16.3. The summed E-state index contributed by atoms with van der Waals surface area (Å²) in [6.45, 7) is 0. The summed E-state index contributed by atoms with van der Waals surface area (Å²) in [6.07, 6.45) is 0. The standard InChI is InChI=1S/C21H11N3O9/c25-19-15-8-6-14(33-13-4-1-11(2-5-13)23(29)30)10-17(15)20(26)22(19)12-3-7-16(21(27)28)18(9-12)24(31)32/h1-10H,(H,27,28)/p-1. The Kier molecular flexibility index (Phi) is 5.02. The molecule has 0 N–H and O–H groups in total. The number of carbonyl (C=O) groups is 3. The summed E-state index contributed by atoms with van der Waals surface area (Å²) in [6, 6.07) is 12.0. The van der Waals surface area contributed by atoms with Crippen molar-refractivity contribution >= 4 is 34.8 Å². The first-order valence-corrected chi connectivity index (χ1v) is 9.12. The Morgan fingerprint density at radius 2 is 1.42 bits per heavy atom. The Morgan fingerprint density at radius 3 is 2.03 bits per heavy atom. The Hall–Kier alpha value is -5.13. The Labute approximate surface area is 183 Å². The number of nitrogens with zero attached hydrogens (tertiary/aromatic N) is 3. The molecule has 0 saturated heterocycles. The molecule has 0 saturated carbocycles. The maximum absolute atomic E-state index is 12.9. The molecule has 0 atom stereocenters. The lowest BCUT2D eigenvalue weighted by atomic mass is 10.1. The summed E-state index contributed by atoms with van der Waals surface area (Å²) in [5.74, 6) is -2.90. The molecular formula is C21H10N3O9-. The van der Waals surface area contributed by atoms with Crippen LogP contribution in [-0.2, 0) is 0 Å². The summed E-state index contributed by atoms with van der Waals surface area (Å²) < 4.78 is 5.59. The molecule has 0 spiro atoms. The minimum atomic E-state index is -1.77. The number of ether oxygens (including phenoxy) is 1.